The minimum Gasteiger partial charge on any atom is -0.493 e. The van der Waals surface area contributed by atoms with Crippen molar-refractivity contribution in [3.8, 4) is 17.2 Å². The highest BCUT2D eigenvalue weighted by atomic mass is 16.5. The van der Waals surface area contributed by atoms with Crippen LogP contribution in [0.4, 0.5) is 0 Å². The molecule has 3 rings (SSSR count). The molecule has 0 bridgehead atoms. The van der Waals surface area contributed by atoms with Crippen molar-refractivity contribution < 1.29 is 24.1 Å². The van der Waals surface area contributed by atoms with Crippen LogP contribution in [0.2, 0.25) is 0 Å². The second-order valence-electron chi connectivity index (χ2n) is 5.38. The molecule has 2 heterocycles. The lowest BCUT2D eigenvalue weighted by Gasteiger charge is -2.29. The molecule has 2 atom stereocenters. The number of nitrogens with zero attached hydrogens (tertiary/aromatic N) is 1. The summed E-state index contributed by atoms with van der Waals surface area (Å²) in [5, 5.41) is 12.5. The van der Waals surface area contributed by atoms with E-state index in [-0.39, 0.29) is 0 Å². The van der Waals surface area contributed by atoms with Crippen molar-refractivity contribution in [2.75, 3.05) is 21.3 Å². The molecule has 1 aliphatic rings. The van der Waals surface area contributed by atoms with Gasteiger partial charge in [-0.15, -0.1) is 0 Å². The molecule has 0 fully saturated rings. The van der Waals surface area contributed by atoms with Gasteiger partial charge in [-0.25, -0.2) is 4.98 Å². The van der Waals surface area contributed by atoms with Gasteiger partial charge in [-0.3, -0.25) is 10.1 Å². The molecule has 0 spiro atoms. The van der Waals surface area contributed by atoms with E-state index >= 15 is 0 Å². The summed E-state index contributed by atoms with van der Waals surface area (Å²) < 4.78 is 16.2. The van der Waals surface area contributed by atoms with Gasteiger partial charge in [-0.1, -0.05) is 0 Å². The van der Waals surface area contributed by atoms with Crippen LogP contribution in [0.15, 0.2) is 18.5 Å². The lowest BCUT2D eigenvalue weighted by atomic mass is 9.93. The maximum absolute atomic E-state index is 11.5. The Balaban J connectivity index is 2.13. The molecule has 3 N–H and O–H groups in total. The van der Waals surface area contributed by atoms with Crippen LogP contribution >= 0.6 is 0 Å². The average Bonchev–Trinajstić information content (AvgIpc) is 3.07. The fraction of sp³-hybridized carbons (Fsp3) is 0.375. The first-order chi connectivity index (χ1) is 11.6. The zero-order chi connectivity index (χ0) is 17.3. The van der Waals surface area contributed by atoms with E-state index in [0.29, 0.717) is 23.7 Å². The Bertz CT molecular complexity index is 758. The molecule has 128 valence electrons. The average molecular weight is 333 g/mol. The summed E-state index contributed by atoms with van der Waals surface area (Å²) in [5.74, 6) is 0.550. The predicted molar refractivity (Wildman–Crippen MR) is 84.8 cm³/mol. The highest BCUT2D eigenvalue weighted by molar-refractivity contribution is 5.74. The number of methoxy groups -OCH3 is 3. The van der Waals surface area contributed by atoms with Gasteiger partial charge in [0.1, 0.15) is 6.04 Å². The van der Waals surface area contributed by atoms with E-state index in [0.717, 1.165) is 17.0 Å². The molecule has 1 aliphatic heterocycles. The third kappa shape index (κ3) is 2.54. The first kappa shape index (κ1) is 16.1. The van der Waals surface area contributed by atoms with Crippen LogP contribution in [0.5, 0.6) is 17.2 Å². The summed E-state index contributed by atoms with van der Waals surface area (Å²) in [7, 11) is 4.60. The van der Waals surface area contributed by atoms with Crippen LogP contribution < -0.4 is 19.5 Å². The van der Waals surface area contributed by atoms with Gasteiger partial charge in [-0.2, -0.15) is 0 Å². The van der Waals surface area contributed by atoms with Crippen molar-refractivity contribution in [1.29, 1.82) is 0 Å². The minimum absolute atomic E-state index is 0.344. The summed E-state index contributed by atoms with van der Waals surface area (Å²) in [5.41, 5.74) is 2.27. The number of carboxylic acid groups (broad SMARTS) is 1. The number of fused-ring (bicyclic) bond motifs is 1. The molecule has 0 saturated heterocycles. The molecule has 8 heteroatoms. The second kappa shape index (κ2) is 6.40. The quantitative estimate of drug-likeness (QED) is 0.753. The summed E-state index contributed by atoms with van der Waals surface area (Å²) in [4.78, 5) is 18.8. The fourth-order valence-corrected chi connectivity index (χ4v) is 3.03. The molecule has 2 unspecified atom stereocenters. The molecule has 2 aromatic rings. The molecule has 1 aromatic heterocycles. The number of carbonyl (C=O) groups is 1. The SMILES string of the molecule is COc1ccc(C2NC(C(=O)O)Cc3[nH]cnc32)c(OC)c1OC. The van der Waals surface area contributed by atoms with Gasteiger partial charge < -0.3 is 24.3 Å². The zero-order valence-corrected chi connectivity index (χ0v) is 13.6. The molecule has 0 radical (unpaired) electrons. The number of aliphatic carboxylic acids is 1. The predicted octanol–water partition coefficient (Wildman–Crippen LogP) is 1.12. The van der Waals surface area contributed by atoms with E-state index in [2.05, 4.69) is 15.3 Å². The van der Waals surface area contributed by atoms with Crippen LogP contribution in [0, 0.1) is 0 Å². The molecule has 24 heavy (non-hydrogen) atoms. The van der Waals surface area contributed by atoms with E-state index in [4.69, 9.17) is 14.2 Å². The van der Waals surface area contributed by atoms with Crippen LogP contribution in [0.3, 0.4) is 0 Å². The number of rotatable bonds is 5. The normalized spacial score (nSPS) is 19.5. The number of nitrogens with one attached hydrogen (secondary N) is 2. The Morgan fingerprint density at radius 1 is 1.21 bits per heavy atom. The smallest absolute Gasteiger partial charge is 0.321 e. The van der Waals surface area contributed by atoms with Crippen molar-refractivity contribution in [2.45, 2.75) is 18.5 Å². The molecule has 1 aromatic carbocycles. The standard InChI is InChI=1S/C16H19N3O5/c1-22-11-5-4-8(14(23-2)15(11)24-3)12-13-9(17-7-18-13)6-10(19-12)16(20)21/h4-5,7,10,12,19H,6H2,1-3H3,(H,17,18)(H,20,21). The van der Waals surface area contributed by atoms with Gasteiger partial charge in [0.25, 0.3) is 0 Å². The first-order valence-electron chi connectivity index (χ1n) is 7.40. The van der Waals surface area contributed by atoms with E-state index in [1.165, 1.54) is 14.2 Å². The lowest BCUT2D eigenvalue weighted by molar-refractivity contribution is -0.139. The monoisotopic (exact) mass is 333 g/mol. The number of ether oxygens (including phenoxy) is 3. The number of benzene rings is 1. The van der Waals surface area contributed by atoms with Crippen molar-refractivity contribution in [2.24, 2.45) is 0 Å². The molecular weight excluding hydrogens is 314 g/mol. The summed E-state index contributed by atoms with van der Waals surface area (Å²) >= 11 is 0. The Hall–Kier alpha value is -2.74. The summed E-state index contributed by atoms with van der Waals surface area (Å²) in [6.07, 6.45) is 1.91. The third-order valence-corrected chi connectivity index (χ3v) is 4.14. The Morgan fingerprint density at radius 3 is 2.58 bits per heavy atom. The van der Waals surface area contributed by atoms with Gasteiger partial charge in [0.05, 0.1) is 39.4 Å². The second-order valence-corrected chi connectivity index (χ2v) is 5.38. The number of hydrogen-bond donors (Lipinski definition) is 3. The van der Waals surface area contributed by atoms with E-state index in [1.807, 2.05) is 6.07 Å². The highest BCUT2D eigenvalue weighted by Crippen LogP contribution is 2.44. The Morgan fingerprint density at radius 2 is 1.96 bits per heavy atom. The fourth-order valence-electron chi connectivity index (χ4n) is 3.03. The Kier molecular flexibility index (Phi) is 4.30. The number of hydrogen-bond acceptors (Lipinski definition) is 6. The number of aromatic amines is 1. The number of aromatic nitrogens is 2. The number of imidazole rings is 1. The van der Waals surface area contributed by atoms with Crippen LogP contribution in [-0.2, 0) is 11.2 Å². The highest BCUT2D eigenvalue weighted by Gasteiger charge is 2.35. The van der Waals surface area contributed by atoms with Crippen LogP contribution in [0.25, 0.3) is 0 Å². The first-order valence-corrected chi connectivity index (χ1v) is 7.40. The Labute approximate surface area is 138 Å². The molecule has 0 aliphatic carbocycles. The van der Waals surface area contributed by atoms with E-state index < -0.39 is 18.1 Å². The van der Waals surface area contributed by atoms with Crippen molar-refractivity contribution >= 4 is 5.97 Å². The molecule has 0 amide bonds. The summed E-state index contributed by atoms with van der Waals surface area (Å²) in [6, 6.07) is 2.42. The van der Waals surface area contributed by atoms with E-state index in [9.17, 15) is 9.90 Å². The summed E-state index contributed by atoms with van der Waals surface area (Å²) in [6.45, 7) is 0. The largest absolute Gasteiger partial charge is 0.493 e. The third-order valence-electron chi connectivity index (χ3n) is 4.14. The lowest BCUT2D eigenvalue weighted by Crippen LogP contribution is -2.45. The maximum atomic E-state index is 11.5. The maximum Gasteiger partial charge on any atom is 0.321 e. The van der Waals surface area contributed by atoms with Gasteiger partial charge in [0.2, 0.25) is 5.75 Å². The van der Waals surface area contributed by atoms with Gasteiger partial charge in [0.15, 0.2) is 11.5 Å². The van der Waals surface area contributed by atoms with Gasteiger partial charge >= 0.3 is 5.97 Å². The number of carboxylic acids is 1. The zero-order valence-electron chi connectivity index (χ0n) is 13.6. The van der Waals surface area contributed by atoms with Crippen molar-refractivity contribution in [3.63, 3.8) is 0 Å². The molecule has 8 nitrogen and oxygen atoms in total. The molecule has 0 saturated carbocycles. The number of H-pyrrole nitrogens is 1. The van der Waals surface area contributed by atoms with Crippen molar-refractivity contribution in [3.05, 3.63) is 35.4 Å². The topological polar surface area (TPSA) is 106 Å². The van der Waals surface area contributed by atoms with Crippen molar-refractivity contribution in [1.82, 2.24) is 15.3 Å². The van der Waals surface area contributed by atoms with Gasteiger partial charge in [0, 0.05) is 17.7 Å². The van der Waals surface area contributed by atoms with Crippen LogP contribution in [-0.4, -0.2) is 48.4 Å². The molecular formula is C16H19N3O5. The van der Waals surface area contributed by atoms with Gasteiger partial charge in [-0.05, 0) is 12.1 Å². The minimum atomic E-state index is -0.917. The van der Waals surface area contributed by atoms with Crippen LogP contribution in [0.1, 0.15) is 23.0 Å². The van der Waals surface area contributed by atoms with E-state index in [1.54, 1.807) is 19.5 Å².